The van der Waals surface area contributed by atoms with Crippen LogP contribution in [-0.4, -0.2) is 59.7 Å². The summed E-state index contributed by atoms with van der Waals surface area (Å²) in [6, 6.07) is 11.1. The van der Waals surface area contributed by atoms with Crippen LogP contribution in [0.15, 0.2) is 41.8 Å². The van der Waals surface area contributed by atoms with Gasteiger partial charge in [-0.2, -0.15) is 0 Å². The van der Waals surface area contributed by atoms with Gasteiger partial charge in [0.15, 0.2) is 0 Å². The average Bonchev–Trinajstić information content (AvgIpc) is 3.33. The normalized spacial score (nSPS) is 14.9. The van der Waals surface area contributed by atoms with E-state index in [4.69, 9.17) is 21.3 Å². The lowest BCUT2D eigenvalue weighted by Gasteiger charge is -2.33. The molecule has 2 heterocycles. The number of carboxylic acid groups (broad SMARTS) is 1. The van der Waals surface area contributed by atoms with Gasteiger partial charge in [0.05, 0.1) is 17.3 Å². The molecule has 2 N–H and O–H groups in total. The Morgan fingerprint density at radius 1 is 1.13 bits per heavy atom. The van der Waals surface area contributed by atoms with E-state index in [1.807, 2.05) is 50.7 Å². The predicted molar refractivity (Wildman–Crippen MR) is 152 cm³/mol. The van der Waals surface area contributed by atoms with Crippen LogP contribution in [0.2, 0.25) is 5.02 Å². The second kappa shape index (κ2) is 12.3. The van der Waals surface area contributed by atoms with Gasteiger partial charge in [0, 0.05) is 22.5 Å². The molecule has 1 saturated carbocycles. The van der Waals surface area contributed by atoms with Gasteiger partial charge in [-0.25, -0.2) is 9.78 Å². The molecular formula is C29H34ClN3O4S. The van der Waals surface area contributed by atoms with Crippen molar-refractivity contribution in [1.82, 2.24) is 15.2 Å². The summed E-state index contributed by atoms with van der Waals surface area (Å²) in [5, 5.41) is 15.3. The van der Waals surface area contributed by atoms with E-state index in [2.05, 4.69) is 10.2 Å². The molecule has 0 radical (unpaired) electrons. The standard InChI is InChI=1S/C29H34ClN3O4S/c1-19-21(12-17-38-19)22-9-11-24(27(34)32-29(28(35)36)13-5-4-6-14-29)31-26(22)20-8-10-23(30)25(18-20)37-16-7-15-33(2)3/h8-12,17-18H,4-7,13-16H2,1-3H3,(H,32,34)(H,35,36). The zero-order valence-corrected chi connectivity index (χ0v) is 23.6. The highest BCUT2D eigenvalue weighted by atomic mass is 35.5. The number of ether oxygens (including phenoxy) is 1. The number of halogens is 1. The van der Waals surface area contributed by atoms with E-state index < -0.39 is 17.4 Å². The van der Waals surface area contributed by atoms with E-state index >= 15 is 0 Å². The molecule has 38 heavy (non-hydrogen) atoms. The van der Waals surface area contributed by atoms with Crippen LogP contribution in [0.25, 0.3) is 22.4 Å². The number of nitrogens with one attached hydrogen (secondary N) is 1. The molecule has 202 valence electrons. The first kappa shape index (κ1) is 28.1. The van der Waals surface area contributed by atoms with E-state index in [0.29, 0.717) is 35.9 Å². The Balaban J connectivity index is 1.70. The van der Waals surface area contributed by atoms with Crippen LogP contribution in [-0.2, 0) is 4.79 Å². The number of nitrogens with zero attached hydrogens (tertiary/aromatic N) is 2. The summed E-state index contributed by atoms with van der Waals surface area (Å²) in [6.07, 6.45) is 4.19. The first-order chi connectivity index (χ1) is 18.2. The summed E-state index contributed by atoms with van der Waals surface area (Å²) in [4.78, 5) is 33.5. The van der Waals surface area contributed by atoms with Crippen LogP contribution in [0.3, 0.4) is 0 Å². The second-order valence-electron chi connectivity index (χ2n) is 10.0. The number of benzene rings is 1. The van der Waals surface area contributed by atoms with Crippen molar-refractivity contribution >= 4 is 34.8 Å². The number of hydrogen-bond acceptors (Lipinski definition) is 6. The quantitative estimate of drug-likeness (QED) is 0.286. The molecule has 0 atom stereocenters. The fraction of sp³-hybridized carbons (Fsp3) is 0.414. The van der Waals surface area contributed by atoms with Crippen LogP contribution >= 0.6 is 22.9 Å². The third-order valence-electron chi connectivity index (χ3n) is 6.96. The molecule has 1 aliphatic carbocycles. The predicted octanol–water partition coefficient (Wildman–Crippen LogP) is 6.29. The molecule has 0 aliphatic heterocycles. The summed E-state index contributed by atoms with van der Waals surface area (Å²) in [7, 11) is 4.03. The van der Waals surface area contributed by atoms with Gasteiger partial charge in [-0.15, -0.1) is 11.3 Å². The first-order valence-corrected chi connectivity index (χ1v) is 14.1. The zero-order chi connectivity index (χ0) is 27.3. The zero-order valence-electron chi connectivity index (χ0n) is 22.1. The molecule has 7 nitrogen and oxygen atoms in total. The molecule has 4 rings (SSSR count). The summed E-state index contributed by atoms with van der Waals surface area (Å²) in [5.74, 6) is -0.928. The van der Waals surface area contributed by atoms with Crippen molar-refractivity contribution in [2.75, 3.05) is 27.2 Å². The van der Waals surface area contributed by atoms with Crippen LogP contribution in [0.4, 0.5) is 0 Å². The summed E-state index contributed by atoms with van der Waals surface area (Å²) in [5.41, 5.74) is 2.20. The first-order valence-electron chi connectivity index (χ1n) is 12.9. The number of aryl methyl sites for hydroxylation is 1. The van der Waals surface area contributed by atoms with Gasteiger partial charge in [0.1, 0.15) is 17.0 Å². The third-order valence-corrected chi connectivity index (χ3v) is 8.12. The van der Waals surface area contributed by atoms with Gasteiger partial charge in [-0.05, 0) is 81.6 Å². The van der Waals surface area contributed by atoms with Crippen molar-refractivity contribution in [3.8, 4) is 28.1 Å². The lowest BCUT2D eigenvalue weighted by atomic mass is 9.81. The molecule has 9 heteroatoms. The Kier molecular flexibility index (Phi) is 9.07. The molecule has 0 saturated heterocycles. The number of amides is 1. The molecule has 1 amide bonds. The Morgan fingerprint density at radius 3 is 2.55 bits per heavy atom. The van der Waals surface area contributed by atoms with Gasteiger partial charge in [0.2, 0.25) is 0 Å². The molecule has 3 aromatic rings. The number of pyridine rings is 1. The van der Waals surface area contributed by atoms with Crippen molar-refractivity contribution in [2.24, 2.45) is 0 Å². The van der Waals surface area contributed by atoms with Crippen molar-refractivity contribution in [2.45, 2.75) is 51.0 Å². The SMILES string of the molecule is Cc1sccc1-c1ccc(C(=O)NC2(C(=O)O)CCCCC2)nc1-c1ccc(Cl)c(OCCCN(C)C)c1. The number of rotatable bonds is 10. The average molecular weight is 556 g/mol. The van der Waals surface area contributed by atoms with Gasteiger partial charge < -0.3 is 20.1 Å². The lowest BCUT2D eigenvalue weighted by Crippen LogP contribution is -2.55. The van der Waals surface area contributed by atoms with E-state index in [0.717, 1.165) is 53.8 Å². The van der Waals surface area contributed by atoms with Crippen molar-refractivity contribution in [3.63, 3.8) is 0 Å². The molecule has 2 aromatic heterocycles. The van der Waals surface area contributed by atoms with E-state index in [1.54, 1.807) is 23.5 Å². The van der Waals surface area contributed by atoms with Crippen molar-refractivity contribution in [3.05, 3.63) is 57.4 Å². The van der Waals surface area contributed by atoms with E-state index in [-0.39, 0.29) is 5.69 Å². The van der Waals surface area contributed by atoms with Gasteiger partial charge in [0.25, 0.3) is 5.91 Å². The monoisotopic (exact) mass is 555 g/mol. The Hall–Kier alpha value is -2.94. The van der Waals surface area contributed by atoms with Crippen LogP contribution in [0.1, 0.15) is 53.9 Å². The highest BCUT2D eigenvalue weighted by Crippen LogP contribution is 2.38. The van der Waals surface area contributed by atoms with Gasteiger partial charge in [-0.3, -0.25) is 4.79 Å². The lowest BCUT2D eigenvalue weighted by molar-refractivity contribution is -0.145. The number of carboxylic acids is 1. The van der Waals surface area contributed by atoms with Crippen LogP contribution in [0, 0.1) is 6.92 Å². The smallest absolute Gasteiger partial charge is 0.329 e. The summed E-state index contributed by atoms with van der Waals surface area (Å²) in [6.45, 7) is 3.46. The third kappa shape index (κ3) is 6.37. The summed E-state index contributed by atoms with van der Waals surface area (Å²) >= 11 is 8.09. The second-order valence-corrected chi connectivity index (χ2v) is 11.6. The molecular weight excluding hydrogens is 522 g/mol. The summed E-state index contributed by atoms with van der Waals surface area (Å²) < 4.78 is 5.99. The topological polar surface area (TPSA) is 91.8 Å². The fourth-order valence-electron chi connectivity index (χ4n) is 4.84. The maximum atomic E-state index is 13.3. The molecule has 1 aliphatic rings. The van der Waals surface area contributed by atoms with Crippen LogP contribution in [0.5, 0.6) is 5.75 Å². The van der Waals surface area contributed by atoms with Crippen molar-refractivity contribution in [1.29, 1.82) is 0 Å². The minimum absolute atomic E-state index is 0.172. The number of aromatic nitrogens is 1. The van der Waals surface area contributed by atoms with Crippen LogP contribution < -0.4 is 10.1 Å². The van der Waals surface area contributed by atoms with E-state index in [1.165, 1.54) is 0 Å². The number of carbonyl (C=O) groups excluding carboxylic acids is 1. The van der Waals surface area contributed by atoms with Crippen molar-refractivity contribution < 1.29 is 19.4 Å². The molecule has 0 bridgehead atoms. The minimum Gasteiger partial charge on any atom is -0.492 e. The Morgan fingerprint density at radius 2 is 1.89 bits per heavy atom. The number of aliphatic carboxylic acids is 1. The molecule has 0 unspecified atom stereocenters. The molecule has 1 aromatic carbocycles. The largest absolute Gasteiger partial charge is 0.492 e. The fourth-order valence-corrected chi connectivity index (χ4v) is 5.73. The Bertz CT molecular complexity index is 1300. The highest BCUT2D eigenvalue weighted by molar-refractivity contribution is 7.10. The van der Waals surface area contributed by atoms with E-state index in [9.17, 15) is 14.7 Å². The number of carbonyl (C=O) groups is 2. The number of thiophene rings is 1. The maximum absolute atomic E-state index is 13.3. The highest BCUT2D eigenvalue weighted by Gasteiger charge is 2.41. The molecule has 1 fully saturated rings. The maximum Gasteiger partial charge on any atom is 0.329 e. The Labute approximate surface area is 232 Å². The molecule has 0 spiro atoms. The van der Waals surface area contributed by atoms with Gasteiger partial charge in [-0.1, -0.05) is 36.9 Å². The van der Waals surface area contributed by atoms with Gasteiger partial charge >= 0.3 is 5.97 Å². The number of hydrogen-bond donors (Lipinski definition) is 2. The minimum atomic E-state index is -1.26.